The van der Waals surface area contributed by atoms with Crippen LogP contribution in [0.4, 0.5) is 13.2 Å². The van der Waals surface area contributed by atoms with Gasteiger partial charge in [-0.15, -0.1) is 0 Å². The van der Waals surface area contributed by atoms with E-state index < -0.39 is 31.6 Å². The Morgan fingerprint density at radius 3 is 2.67 bits per heavy atom. The van der Waals surface area contributed by atoms with Crippen LogP contribution in [0, 0.1) is 0 Å². The van der Waals surface area contributed by atoms with Crippen LogP contribution in [0.25, 0.3) is 0 Å². The van der Waals surface area contributed by atoms with Crippen molar-refractivity contribution in [3.05, 3.63) is 28.2 Å². The zero-order chi connectivity index (χ0) is 13.7. The molecule has 0 aromatic heterocycles. The number of benzene rings is 1. The van der Waals surface area contributed by atoms with Crippen molar-refractivity contribution in [2.45, 2.75) is 19.0 Å². The lowest BCUT2D eigenvalue weighted by atomic mass is 10.2. The topological polar surface area (TPSA) is 46.5 Å². The third kappa shape index (κ3) is 3.90. The first-order valence-electron chi connectivity index (χ1n) is 4.99. The highest BCUT2D eigenvalue weighted by atomic mass is 79.9. The number of aromatic carboxylic acids is 1. The molecule has 1 aromatic carbocycles. The second kappa shape index (κ2) is 6.63. The van der Waals surface area contributed by atoms with Gasteiger partial charge >= 0.3 is 5.97 Å². The first-order valence-corrected chi connectivity index (χ1v) is 5.78. The maximum atomic E-state index is 13.2. The average Bonchev–Trinajstić information content (AvgIpc) is 2.31. The van der Waals surface area contributed by atoms with Gasteiger partial charge in [0.15, 0.2) is 6.17 Å². The molecule has 0 spiro atoms. The minimum Gasteiger partial charge on any atom is -0.478 e. The maximum absolute atomic E-state index is 13.2. The second-order valence-corrected chi connectivity index (χ2v) is 4.26. The number of alkyl halides is 3. The predicted octanol–water partition coefficient (Wildman–Crippen LogP) is 3.52. The van der Waals surface area contributed by atoms with Crippen LogP contribution in [0.5, 0.6) is 5.75 Å². The molecule has 0 fully saturated rings. The van der Waals surface area contributed by atoms with Gasteiger partial charge in [-0.2, -0.15) is 4.39 Å². The summed E-state index contributed by atoms with van der Waals surface area (Å²) < 4.78 is 42.8. The van der Waals surface area contributed by atoms with Crippen LogP contribution in [0.1, 0.15) is 16.8 Å². The lowest BCUT2D eigenvalue weighted by molar-refractivity contribution is -0.0112. The van der Waals surface area contributed by atoms with Crippen LogP contribution in [0.2, 0.25) is 0 Å². The number of carboxylic acid groups (broad SMARTS) is 1. The van der Waals surface area contributed by atoms with Crippen molar-refractivity contribution in [3.8, 4) is 5.75 Å². The van der Waals surface area contributed by atoms with Gasteiger partial charge in [-0.1, -0.05) is 0 Å². The van der Waals surface area contributed by atoms with Crippen molar-refractivity contribution in [1.29, 1.82) is 0 Å². The smallest absolute Gasteiger partial charge is 0.336 e. The molecule has 0 aliphatic heterocycles. The molecular weight excluding hydrogens is 317 g/mol. The van der Waals surface area contributed by atoms with E-state index in [1.54, 1.807) is 0 Å². The fourth-order valence-electron chi connectivity index (χ4n) is 1.18. The van der Waals surface area contributed by atoms with Gasteiger partial charge in [0.1, 0.15) is 5.75 Å². The Balaban J connectivity index is 2.79. The summed E-state index contributed by atoms with van der Waals surface area (Å²) in [7, 11) is 0. The lowest BCUT2D eigenvalue weighted by Gasteiger charge is -2.15. The number of rotatable bonds is 6. The van der Waals surface area contributed by atoms with Crippen molar-refractivity contribution in [3.63, 3.8) is 0 Å². The highest BCUT2D eigenvalue weighted by Crippen LogP contribution is 2.24. The van der Waals surface area contributed by atoms with Crippen LogP contribution < -0.4 is 4.74 Å². The van der Waals surface area contributed by atoms with Crippen molar-refractivity contribution < 1.29 is 27.8 Å². The predicted molar refractivity (Wildman–Crippen MR) is 62.1 cm³/mol. The number of carboxylic acids is 1. The highest BCUT2D eigenvalue weighted by molar-refractivity contribution is 9.10. The number of hydrogen-bond acceptors (Lipinski definition) is 2. The molecule has 3 nitrogen and oxygen atoms in total. The fourth-order valence-corrected chi connectivity index (χ4v) is 1.60. The van der Waals surface area contributed by atoms with E-state index in [0.29, 0.717) is 4.47 Å². The Kier molecular flexibility index (Phi) is 5.46. The molecule has 0 saturated carbocycles. The van der Waals surface area contributed by atoms with Crippen LogP contribution >= 0.6 is 15.9 Å². The van der Waals surface area contributed by atoms with Crippen LogP contribution in [-0.4, -0.2) is 30.3 Å². The monoisotopic (exact) mass is 326 g/mol. The molecule has 2 unspecified atom stereocenters. The summed E-state index contributed by atoms with van der Waals surface area (Å²) >= 11 is 3.00. The van der Waals surface area contributed by atoms with Crippen molar-refractivity contribution >= 4 is 21.9 Å². The average molecular weight is 327 g/mol. The van der Waals surface area contributed by atoms with E-state index in [9.17, 15) is 18.0 Å². The van der Waals surface area contributed by atoms with Gasteiger partial charge in [0, 0.05) is 10.9 Å². The summed E-state index contributed by atoms with van der Waals surface area (Å²) in [5.74, 6) is -1.37. The zero-order valence-corrected chi connectivity index (χ0v) is 10.7. The summed E-state index contributed by atoms with van der Waals surface area (Å²) in [6, 6.07) is 3.68. The molecular formula is C11H10BrF3O3. The SMILES string of the molecule is O=C(O)c1cc(OC(F)C(F)CCF)ccc1Br. The molecule has 2 atom stereocenters. The zero-order valence-electron chi connectivity index (χ0n) is 9.08. The Bertz CT molecular complexity index is 428. The van der Waals surface area contributed by atoms with E-state index >= 15 is 0 Å². The summed E-state index contributed by atoms with van der Waals surface area (Å²) in [4.78, 5) is 10.8. The maximum Gasteiger partial charge on any atom is 0.336 e. The van der Waals surface area contributed by atoms with E-state index in [-0.39, 0.29) is 11.3 Å². The minimum atomic E-state index is -2.33. The van der Waals surface area contributed by atoms with Crippen LogP contribution in [0.3, 0.4) is 0 Å². The molecule has 0 aliphatic carbocycles. The first-order chi connectivity index (χ1) is 8.45. The molecule has 0 saturated heterocycles. The lowest BCUT2D eigenvalue weighted by Crippen LogP contribution is -2.24. The van der Waals surface area contributed by atoms with Gasteiger partial charge in [0.05, 0.1) is 12.2 Å². The fraction of sp³-hybridized carbons (Fsp3) is 0.364. The van der Waals surface area contributed by atoms with E-state index in [1.165, 1.54) is 12.1 Å². The van der Waals surface area contributed by atoms with E-state index in [4.69, 9.17) is 5.11 Å². The third-order valence-electron chi connectivity index (χ3n) is 2.09. The molecule has 0 aliphatic rings. The van der Waals surface area contributed by atoms with Gasteiger partial charge in [0.25, 0.3) is 6.36 Å². The van der Waals surface area contributed by atoms with E-state index in [2.05, 4.69) is 20.7 Å². The molecule has 18 heavy (non-hydrogen) atoms. The molecule has 0 heterocycles. The normalized spacial score (nSPS) is 14.0. The van der Waals surface area contributed by atoms with Gasteiger partial charge in [0.2, 0.25) is 0 Å². The first kappa shape index (κ1) is 14.8. The molecule has 1 aromatic rings. The number of carbonyl (C=O) groups is 1. The number of hydrogen-bond donors (Lipinski definition) is 1. The Labute approximate surface area is 110 Å². The largest absolute Gasteiger partial charge is 0.478 e. The highest BCUT2D eigenvalue weighted by Gasteiger charge is 2.22. The third-order valence-corrected chi connectivity index (χ3v) is 2.78. The molecule has 7 heteroatoms. The van der Waals surface area contributed by atoms with Gasteiger partial charge in [-0.3, -0.25) is 4.39 Å². The summed E-state index contributed by atoms with van der Waals surface area (Å²) in [5, 5.41) is 8.81. The van der Waals surface area contributed by atoms with Crippen LogP contribution in [-0.2, 0) is 0 Å². The van der Waals surface area contributed by atoms with Crippen molar-refractivity contribution in [2.24, 2.45) is 0 Å². The Morgan fingerprint density at radius 2 is 2.11 bits per heavy atom. The minimum absolute atomic E-state index is 0.135. The quantitative estimate of drug-likeness (QED) is 0.870. The molecule has 1 N–H and O–H groups in total. The molecule has 100 valence electrons. The van der Waals surface area contributed by atoms with E-state index in [1.807, 2.05) is 0 Å². The van der Waals surface area contributed by atoms with Gasteiger partial charge in [-0.25, -0.2) is 9.18 Å². The molecule has 0 bridgehead atoms. The van der Waals surface area contributed by atoms with Gasteiger partial charge < -0.3 is 9.84 Å². The van der Waals surface area contributed by atoms with Crippen LogP contribution in [0.15, 0.2) is 22.7 Å². The Hall–Kier alpha value is -1.24. The summed E-state index contributed by atoms with van der Waals surface area (Å²) in [5.41, 5.74) is -0.138. The molecule has 0 radical (unpaired) electrons. The van der Waals surface area contributed by atoms with Crippen molar-refractivity contribution in [1.82, 2.24) is 0 Å². The molecule has 1 rings (SSSR count). The van der Waals surface area contributed by atoms with Crippen molar-refractivity contribution in [2.75, 3.05) is 6.67 Å². The second-order valence-electron chi connectivity index (χ2n) is 3.41. The van der Waals surface area contributed by atoms with Gasteiger partial charge in [-0.05, 0) is 34.1 Å². The number of halogens is 4. The summed E-state index contributed by atoms with van der Waals surface area (Å²) in [6.07, 6.45) is -5.03. The standard InChI is InChI=1S/C11H10BrF3O3/c12-8-2-1-6(5-7(8)11(16)17)18-10(15)9(14)3-4-13/h1-2,5,9-10H,3-4H2,(H,16,17). The summed E-state index contributed by atoms with van der Waals surface area (Å²) in [6.45, 7) is -0.994. The molecule has 0 amide bonds. The van der Waals surface area contributed by atoms with E-state index in [0.717, 1.165) is 6.07 Å². The number of ether oxygens (including phenoxy) is 1. The Morgan fingerprint density at radius 1 is 1.44 bits per heavy atom.